The van der Waals surface area contributed by atoms with Gasteiger partial charge in [0.25, 0.3) is 17.6 Å². The summed E-state index contributed by atoms with van der Waals surface area (Å²) in [4.78, 5) is 99.9. The number of unbranched alkanes of at least 4 members (excludes halogenated alkanes) is 5. The molecule has 0 aliphatic heterocycles. The maximum absolute atomic E-state index is 14.9. The third-order valence-corrected chi connectivity index (χ3v) is 13.3. The number of nitriles is 1. The SMILES string of the molecule is [C-]#[N+]c1cnn(-c2cc(C(=O)OCCCC)cc(C(=O)OCCCC)c2)c1N=Nc1c(C(C)(C)C)[nH]n(-c2nc(OCCCC)nc(-n3[nH]c(C(C)(C)C)c(N=Nc4c(C#N)cnn4-c4cc(OC(=O)CCCC)cc(C(=O)OCCCC)c4)c3=O)n2)c1=O. The molecule has 5 aromatic heterocycles. The van der Waals surface area contributed by atoms with Crippen LogP contribution in [0.4, 0.5) is 28.7 Å². The quantitative estimate of drug-likeness (QED) is 0.0115. The Morgan fingerprint density at radius 2 is 1.04 bits per heavy atom. The number of rotatable bonds is 28. The number of nitrogens with zero attached hydrogens (tertiary/aromatic N) is 15. The lowest BCUT2D eigenvalue weighted by atomic mass is 9.91. The van der Waals surface area contributed by atoms with Crippen LogP contribution in [-0.4, -0.2) is 104 Å². The van der Waals surface area contributed by atoms with Crippen LogP contribution in [0.5, 0.6) is 11.8 Å². The number of H-pyrrole nitrogens is 2. The van der Waals surface area contributed by atoms with E-state index in [0.717, 1.165) is 41.5 Å². The van der Waals surface area contributed by atoms with Gasteiger partial charge in [-0.15, -0.1) is 20.5 Å². The summed E-state index contributed by atoms with van der Waals surface area (Å²) in [6.07, 6.45) is 9.38. The summed E-state index contributed by atoms with van der Waals surface area (Å²) >= 11 is 0. The number of hydrogen-bond acceptors (Lipinski definition) is 21. The van der Waals surface area contributed by atoms with Crippen molar-refractivity contribution in [3.63, 3.8) is 0 Å². The van der Waals surface area contributed by atoms with E-state index >= 15 is 0 Å². The van der Waals surface area contributed by atoms with Crippen molar-refractivity contribution < 1.29 is 42.9 Å². The van der Waals surface area contributed by atoms with Gasteiger partial charge in [0.2, 0.25) is 0 Å². The summed E-state index contributed by atoms with van der Waals surface area (Å²) in [6, 6.07) is 10.2. The molecule has 0 atom stereocenters. The second-order valence-electron chi connectivity index (χ2n) is 22.6. The van der Waals surface area contributed by atoms with Crippen LogP contribution in [0.15, 0.2) is 78.8 Å². The summed E-state index contributed by atoms with van der Waals surface area (Å²) in [6.45, 7) is 29.2. The zero-order valence-corrected chi connectivity index (χ0v) is 51.9. The number of ether oxygens (including phenoxy) is 5. The molecule has 0 bridgehead atoms. The van der Waals surface area contributed by atoms with Gasteiger partial charge in [0, 0.05) is 23.3 Å². The van der Waals surface area contributed by atoms with Gasteiger partial charge in [-0.1, -0.05) is 108 Å². The van der Waals surface area contributed by atoms with Crippen molar-refractivity contribution in [2.45, 2.75) is 158 Å². The van der Waals surface area contributed by atoms with Crippen LogP contribution in [0.25, 0.3) is 28.1 Å². The molecule has 0 aliphatic rings. The zero-order valence-electron chi connectivity index (χ0n) is 51.9. The Morgan fingerprint density at radius 1 is 0.596 bits per heavy atom. The topological polar surface area (TPSA) is 342 Å². The Labute approximate surface area is 513 Å². The normalized spacial score (nSPS) is 11.7. The number of carbonyl (C=O) groups is 4. The summed E-state index contributed by atoms with van der Waals surface area (Å²) in [5.74, 6) is -3.61. The zero-order chi connectivity index (χ0) is 64.6. The van der Waals surface area contributed by atoms with E-state index in [4.69, 9.17) is 30.3 Å². The van der Waals surface area contributed by atoms with Gasteiger partial charge in [-0.25, -0.2) is 28.6 Å². The molecule has 0 spiro atoms. The highest BCUT2D eigenvalue weighted by atomic mass is 16.5. The minimum atomic E-state index is -0.859. The monoisotopic (exact) mass is 1220 g/mol. The maximum Gasteiger partial charge on any atom is 0.338 e. The molecule has 0 amide bonds. The minimum absolute atomic E-state index is 0.0116. The highest BCUT2D eigenvalue weighted by Gasteiger charge is 2.31. The van der Waals surface area contributed by atoms with Crippen LogP contribution in [0, 0.1) is 17.9 Å². The lowest BCUT2D eigenvalue weighted by Crippen LogP contribution is -2.23. The molecule has 0 radical (unpaired) electrons. The second kappa shape index (κ2) is 29.9. The number of azo groups is 2. The Kier molecular flexibility index (Phi) is 22.3. The van der Waals surface area contributed by atoms with Crippen molar-refractivity contribution in [2.24, 2.45) is 20.5 Å². The van der Waals surface area contributed by atoms with E-state index < -0.39 is 45.8 Å². The van der Waals surface area contributed by atoms with Gasteiger partial charge in [0.1, 0.15) is 17.4 Å². The number of aromatic amines is 2. The molecular weight excluding hydrogens is 1150 g/mol. The lowest BCUT2D eigenvalue weighted by molar-refractivity contribution is -0.134. The molecule has 28 heteroatoms. The van der Waals surface area contributed by atoms with E-state index in [1.807, 2.05) is 61.5 Å². The van der Waals surface area contributed by atoms with Crippen LogP contribution >= 0.6 is 0 Å². The third-order valence-electron chi connectivity index (χ3n) is 13.3. The van der Waals surface area contributed by atoms with Crippen molar-refractivity contribution >= 4 is 52.6 Å². The molecule has 0 saturated carbocycles. The van der Waals surface area contributed by atoms with Gasteiger partial charge >= 0.3 is 41.0 Å². The number of aromatic nitrogens is 11. The van der Waals surface area contributed by atoms with Crippen molar-refractivity contribution in [1.82, 2.24) is 54.1 Å². The molecule has 0 aliphatic carbocycles. The van der Waals surface area contributed by atoms with Gasteiger partial charge < -0.3 is 23.7 Å². The number of benzene rings is 2. The Morgan fingerprint density at radius 3 is 1.52 bits per heavy atom. The van der Waals surface area contributed by atoms with Crippen LogP contribution in [0.3, 0.4) is 0 Å². The van der Waals surface area contributed by atoms with Crippen molar-refractivity contribution in [3.8, 4) is 41.1 Å². The van der Waals surface area contributed by atoms with E-state index in [0.29, 0.717) is 32.1 Å². The molecule has 2 N–H and O–H groups in total. The molecule has 89 heavy (non-hydrogen) atoms. The number of nitrogens with one attached hydrogen (secondary N) is 2. The molecular formula is C61H73N17O11. The van der Waals surface area contributed by atoms with Crippen LogP contribution < -0.4 is 20.6 Å². The largest absolute Gasteiger partial charge is 0.463 e. The molecule has 7 aromatic rings. The molecule has 0 saturated heterocycles. The first-order chi connectivity index (χ1) is 42.6. The number of carbonyl (C=O) groups excluding carboxylic acids is 4. The van der Waals surface area contributed by atoms with E-state index in [2.05, 4.69) is 60.6 Å². The fourth-order valence-electron chi connectivity index (χ4n) is 8.41. The molecule has 2 aromatic carbocycles. The van der Waals surface area contributed by atoms with Crippen LogP contribution in [0.1, 0.15) is 195 Å². The van der Waals surface area contributed by atoms with Crippen molar-refractivity contribution in [2.75, 3.05) is 26.4 Å². The molecule has 468 valence electrons. The molecule has 0 unspecified atom stereocenters. The summed E-state index contributed by atoms with van der Waals surface area (Å²) in [5, 5.41) is 42.9. The van der Waals surface area contributed by atoms with Crippen LogP contribution in [0.2, 0.25) is 0 Å². The Balaban J connectivity index is 1.34. The predicted molar refractivity (Wildman–Crippen MR) is 325 cm³/mol. The highest BCUT2D eigenvalue weighted by molar-refractivity contribution is 5.96. The molecule has 0 fully saturated rings. The molecule has 5 heterocycles. The van der Waals surface area contributed by atoms with Crippen LogP contribution in [-0.2, 0) is 29.8 Å². The van der Waals surface area contributed by atoms with Gasteiger partial charge in [0.15, 0.2) is 23.0 Å². The third kappa shape index (κ3) is 16.2. The Bertz CT molecular complexity index is 3940. The van der Waals surface area contributed by atoms with Crippen molar-refractivity contribution in [1.29, 1.82) is 5.26 Å². The van der Waals surface area contributed by atoms with E-state index in [1.54, 1.807) is 20.8 Å². The number of hydrogen-bond donors (Lipinski definition) is 2. The van der Waals surface area contributed by atoms with E-state index in [9.17, 15) is 34.0 Å². The standard InChI is InChI=1S/C61H73N17O11/c1-13-18-23-45(79)89-43-32-39(56(84)87-26-21-16-4)31-42(33-43)75-50(40(34-62)35-64-75)71-69-46-48(60(6,7)8)73-77(52(46)80)57-66-58(68-59(67-57)88-27-22-17-5)78-53(81)47(49(74-78)61(9,10)11)70-72-51-44(63-12)36-65-76(51)41-29-37(54(82)85-24-19-14-2)28-38(30-41)55(83)86-25-20-15-3/h28-33,35-36,73-74H,13-27H2,1-11H3. The second-order valence-corrected chi connectivity index (χ2v) is 22.6. The first-order valence-electron chi connectivity index (χ1n) is 29.5. The van der Waals surface area contributed by atoms with E-state index in [1.165, 1.54) is 58.2 Å². The highest BCUT2D eigenvalue weighted by Crippen LogP contribution is 2.36. The maximum atomic E-state index is 14.9. The van der Waals surface area contributed by atoms with Gasteiger partial charge in [0.05, 0.1) is 84.8 Å². The molecule has 7 rings (SSSR count). The average Bonchev–Trinajstić information content (AvgIpc) is 1.82. The molecule has 28 nitrogen and oxygen atoms in total. The fourth-order valence-corrected chi connectivity index (χ4v) is 8.41. The average molecular weight is 1220 g/mol. The summed E-state index contributed by atoms with van der Waals surface area (Å²) < 4.78 is 32.5. The Hall–Kier alpha value is -10.2. The minimum Gasteiger partial charge on any atom is -0.463 e. The first kappa shape index (κ1) is 66.3. The predicted octanol–water partition coefficient (Wildman–Crippen LogP) is 12.2. The van der Waals surface area contributed by atoms with E-state index in [-0.39, 0.29) is 130 Å². The van der Waals surface area contributed by atoms with Gasteiger partial charge in [-0.05, 0) is 62.4 Å². The number of esters is 4. The van der Waals surface area contributed by atoms with Crippen molar-refractivity contribution in [3.05, 3.63) is 115 Å². The van der Waals surface area contributed by atoms with Gasteiger partial charge in [-0.2, -0.15) is 39.8 Å². The smallest absolute Gasteiger partial charge is 0.338 e. The summed E-state index contributed by atoms with van der Waals surface area (Å²) in [5.41, 5.74) is -3.20. The first-order valence-corrected chi connectivity index (χ1v) is 29.5. The lowest BCUT2D eigenvalue weighted by Gasteiger charge is -2.16. The fraction of sp³-hybridized carbons (Fsp3) is 0.459. The summed E-state index contributed by atoms with van der Waals surface area (Å²) in [7, 11) is 0. The van der Waals surface area contributed by atoms with Gasteiger partial charge in [-0.3, -0.25) is 24.6 Å².